The van der Waals surface area contributed by atoms with Gasteiger partial charge in [-0.1, -0.05) is 6.07 Å². The number of nitrogens with zero attached hydrogens (tertiary/aromatic N) is 3. The molecule has 25 heavy (non-hydrogen) atoms. The molecule has 1 fully saturated rings. The largest absolute Gasteiger partial charge is 0.340 e. The molecule has 1 saturated heterocycles. The van der Waals surface area contributed by atoms with Gasteiger partial charge in [-0.2, -0.15) is 0 Å². The molecular weight excluding hydrogens is 317 g/mol. The molecule has 6 heteroatoms. The van der Waals surface area contributed by atoms with Gasteiger partial charge in [0.25, 0.3) is 0 Å². The summed E-state index contributed by atoms with van der Waals surface area (Å²) in [6, 6.07) is 12.1. The molecule has 4 rings (SSSR count). The Morgan fingerprint density at radius 1 is 1.08 bits per heavy atom. The summed E-state index contributed by atoms with van der Waals surface area (Å²) in [5.41, 5.74) is 2.47. The van der Waals surface area contributed by atoms with Crippen molar-refractivity contribution in [2.75, 3.05) is 18.4 Å². The molecule has 0 radical (unpaired) electrons. The molecule has 3 heterocycles. The van der Waals surface area contributed by atoms with Crippen LogP contribution in [0.1, 0.15) is 18.2 Å². The lowest BCUT2D eigenvalue weighted by Crippen LogP contribution is -2.11. The number of hydrogen-bond acceptors (Lipinski definition) is 5. The first kappa shape index (κ1) is 15.7. The molecule has 0 aliphatic carbocycles. The quantitative estimate of drug-likeness (QED) is 0.764. The Morgan fingerprint density at radius 2 is 1.96 bits per heavy atom. The van der Waals surface area contributed by atoms with Gasteiger partial charge in [0.1, 0.15) is 17.5 Å². The molecule has 1 atom stereocenters. The highest BCUT2D eigenvalue weighted by Crippen LogP contribution is 2.26. The Hall–Kier alpha value is -2.86. The van der Waals surface area contributed by atoms with Gasteiger partial charge in [-0.15, -0.1) is 0 Å². The predicted octanol–water partition coefficient (Wildman–Crippen LogP) is 3.50. The van der Waals surface area contributed by atoms with Gasteiger partial charge >= 0.3 is 0 Å². The molecule has 2 N–H and O–H groups in total. The normalized spacial score (nSPS) is 16.8. The van der Waals surface area contributed by atoms with E-state index in [1.807, 2.05) is 24.3 Å². The lowest BCUT2D eigenvalue weighted by molar-refractivity contribution is 0.628. The molecule has 0 bridgehead atoms. The molecule has 3 aromatic rings. The Kier molecular flexibility index (Phi) is 4.35. The van der Waals surface area contributed by atoms with Crippen LogP contribution in [-0.2, 0) is 0 Å². The molecule has 0 unspecified atom stereocenters. The molecule has 0 amide bonds. The van der Waals surface area contributed by atoms with E-state index in [4.69, 9.17) is 4.98 Å². The predicted molar refractivity (Wildman–Crippen MR) is 95.2 cm³/mol. The number of hydrogen-bond donors (Lipinski definition) is 2. The minimum atomic E-state index is -0.284. The van der Waals surface area contributed by atoms with E-state index in [2.05, 4.69) is 20.6 Å². The zero-order chi connectivity index (χ0) is 17.1. The van der Waals surface area contributed by atoms with Crippen molar-refractivity contribution in [2.24, 2.45) is 0 Å². The number of pyridine rings is 1. The van der Waals surface area contributed by atoms with Gasteiger partial charge in [-0.05, 0) is 43.3 Å². The Bertz CT molecular complexity index is 863. The van der Waals surface area contributed by atoms with Crippen molar-refractivity contribution in [1.82, 2.24) is 20.3 Å². The maximum atomic E-state index is 13.5. The lowest BCUT2D eigenvalue weighted by Gasteiger charge is -2.13. The van der Waals surface area contributed by atoms with Crippen LogP contribution in [0.15, 0.2) is 54.9 Å². The average molecular weight is 335 g/mol. The zero-order valence-corrected chi connectivity index (χ0v) is 13.6. The van der Waals surface area contributed by atoms with Crippen LogP contribution < -0.4 is 10.6 Å². The molecule has 0 spiro atoms. The number of aromatic nitrogens is 3. The van der Waals surface area contributed by atoms with E-state index in [0.717, 1.165) is 36.6 Å². The van der Waals surface area contributed by atoms with Gasteiger partial charge < -0.3 is 10.6 Å². The van der Waals surface area contributed by atoms with Crippen LogP contribution in [0.4, 0.5) is 15.9 Å². The van der Waals surface area contributed by atoms with Crippen molar-refractivity contribution < 1.29 is 4.39 Å². The number of nitrogens with one attached hydrogen (secondary N) is 2. The fourth-order valence-electron chi connectivity index (χ4n) is 2.97. The van der Waals surface area contributed by atoms with E-state index in [-0.39, 0.29) is 11.7 Å². The van der Waals surface area contributed by atoms with Crippen LogP contribution in [0.3, 0.4) is 0 Å². The van der Waals surface area contributed by atoms with E-state index in [9.17, 15) is 4.39 Å². The molecule has 1 aliphatic heterocycles. The van der Waals surface area contributed by atoms with Crippen LogP contribution in [0.25, 0.3) is 11.3 Å². The summed E-state index contributed by atoms with van der Waals surface area (Å²) in [6.45, 7) is 1.85. The summed E-state index contributed by atoms with van der Waals surface area (Å²) < 4.78 is 13.5. The van der Waals surface area contributed by atoms with Gasteiger partial charge in [-0.25, -0.2) is 14.4 Å². The summed E-state index contributed by atoms with van der Waals surface area (Å²) in [5, 5.41) is 6.54. The molecule has 2 aromatic heterocycles. The van der Waals surface area contributed by atoms with E-state index in [0.29, 0.717) is 11.5 Å². The molecule has 0 saturated carbocycles. The number of rotatable bonds is 4. The lowest BCUT2D eigenvalue weighted by atomic mass is 10.1. The van der Waals surface area contributed by atoms with Crippen molar-refractivity contribution in [2.45, 2.75) is 12.3 Å². The van der Waals surface area contributed by atoms with Crippen LogP contribution >= 0.6 is 0 Å². The van der Waals surface area contributed by atoms with Crippen molar-refractivity contribution in [1.29, 1.82) is 0 Å². The van der Waals surface area contributed by atoms with E-state index < -0.39 is 0 Å². The first-order valence-electron chi connectivity index (χ1n) is 8.30. The Morgan fingerprint density at radius 3 is 2.72 bits per heavy atom. The monoisotopic (exact) mass is 335 g/mol. The van der Waals surface area contributed by atoms with E-state index >= 15 is 0 Å². The molecule has 126 valence electrons. The first-order valence-corrected chi connectivity index (χ1v) is 8.30. The highest BCUT2D eigenvalue weighted by molar-refractivity contribution is 5.65. The Labute approximate surface area is 145 Å². The van der Waals surface area contributed by atoms with Crippen LogP contribution in [0.2, 0.25) is 0 Å². The fraction of sp³-hybridized carbons (Fsp3) is 0.211. The summed E-state index contributed by atoms with van der Waals surface area (Å²) in [4.78, 5) is 13.5. The van der Waals surface area contributed by atoms with Gasteiger partial charge in [0, 0.05) is 42.2 Å². The standard InChI is InChI=1S/C19H18FN5/c20-15-2-1-3-16(10-15)23-18-11-17(13-4-7-21-8-5-13)24-19(25-18)14-6-9-22-12-14/h1-5,7-8,10-11,14,22H,6,9,12H2,(H,23,24,25)/t14-/m1/s1. The fourth-order valence-corrected chi connectivity index (χ4v) is 2.97. The highest BCUT2D eigenvalue weighted by Gasteiger charge is 2.21. The second-order valence-corrected chi connectivity index (χ2v) is 6.06. The van der Waals surface area contributed by atoms with Crippen molar-refractivity contribution >= 4 is 11.5 Å². The SMILES string of the molecule is Fc1cccc(Nc2cc(-c3ccncc3)nc([C@@H]3CCNC3)n2)c1. The summed E-state index contributed by atoms with van der Waals surface area (Å²) >= 11 is 0. The topological polar surface area (TPSA) is 62.7 Å². The Balaban J connectivity index is 1.73. The van der Waals surface area contributed by atoms with Gasteiger partial charge in [-0.3, -0.25) is 4.98 Å². The number of benzene rings is 1. The van der Waals surface area contributed by atoms with Crippen LogP contribution in [0.5, 0.6) is 0 Å². The highest BCUT2D eigenvalue weighted by atomic mass is 19.1. The maximum absolute atomic E-state index is 13.5. The summed E-state index contributed by atoms with van der Waals surface area (Å²) in [6.07, 6.45) is 4.50. The van der Waals surface area contributed by atoms with Gasteiger partial charge in [0.2, 0.25) is 0 Å². The molecule has 1 aliphatic rings. The van der Waals surface area contributed by atoms with E-state index in [1.165, 1.54) is 12.1 Å². The minimum absolute atomic E-state index is 0.284. The van der Waals surface area contributed by atoms with Crippen molar-refractivity contribution in [3.8, 4) is 11.3 Å². The average Bonchev–Trinajstić information content (AvgIpc) is 3.17. The second-order valence-electron chi connectivity index (χ2n) is 6.06. The van der Waals surface area contributed by atoms with Crippen molar-refractivity contribution in [3.63, 3.8) is 0 Å². The minimum Gasteiger partial charge on any atom is -0.340 e. The summed E-state index contributed by atoms with van der Waals surface area (Å²) in [7, 11) is 0. The maximum Gasteiger partial charge on any atom is 0.135 e. The van der Waals surface area contributed by atoms with E-state index in [1.54, 1.807) is 18.5 Å². The molecule has 1 aromatic carbocycles. The third kappa shape index (κ3) is 3.64. The first-order chi connectivity index (χ1) is 12.3. The third-order valence-electron chi connectivity index (χ3n) is 4.24. The van der Waals surface area contributed by atoms with Gasteiger partial charge in [0.15, 0.2) is 0 Å². The molecular formula is C19H18FN5. The van der Waals surface area contributed by atoms with Crippen LogP contribution in [0, 0.1) is 5.82 Å². The zero-order valence-electron chi connectivity index (χ0n) is 13.6. The smallest absolute Gasteiger partial charge is 0.135 e. The van der Waals surface area contributed by atoms with Crippen LogP contribution in [-0.4, -0.2) is 28.0 Å². The van der Waals surface area contributed by atoms with Crippen molar-refractivity contribution in [3.05, 3.63) is 66.5 Å². The third-order valence-corrected chi connectivity index (χ3v) is 4.24. The summed E-state index contributed by atoms with van der Waals surface area (Å²) in [5.74, 6) is 1.47. The number of anilines is 2. The second kappa shape index (κ2) is 6.94. The van der Waals surface area contributed by atoms with Gasteiger partial charge in [0.05, 0.1) is 5.69 Å². The molecule has 5 nitrogen and oxygen atoms in total. The number of halogens is 1.